The van der Waals surface area contributed by atoms with Gasteiger partial charge in [-0.25, -0.2) is 22.3 Å². The quantitative estimate of drug-likeness (QED) is 0.252. The lowest BCUT2D eigenvalue weighted by atomic mass is 10.1. The number of benzene rings is 3. The fourth-order valence-corrected chi connectivity index (χ4v) is 4.70. The monoisotopic (exact) mass is 579 g/mol. The molecule has 4 aromatic rings. The van der Waals surface area contributed by atoms with Crippen molar-refractivity contribution in [3.8, 4) is 23.0 Å². The maximum atomic E-state index is 14.8. The second-order valence-corrected chi connectivity index (χ2v) is 10.0. The molecule has 0 aliphatic carbocycles. The lowest BCUT2D eigenvalue weighted by Crippen LogP contribution is -2.35. The first-order valence-electron chi connectivity index (χ1n) is 11.3. The molecule has 0 aliphatic heterocycles. The Morgan fingerprint density at radius 1 is 0.900 bits per heavy atom. The lowest BCUT2D eigenvalue weighted by Gasteiger charge is -2.13. The normalized spacial score (nSPS) is 11.7. The number of carbonyl (C=O) groups is 1. The fraction of sp³-hybridized carbons (Fsp3) is 0.154. The molecule has 0 bridgehead atoms. The van der Waals surface area contributed by atoms with Gasteiger partial charge in [0.2, 0.25) is 10.0 Å². The number of sulfonamides is 1. The summed E-state index contributed by atoms with van der Waals surface area (Å²) in [6.45, 7) is 0. The first-order valence-corrected chi connectivity index (χ1v) is 13.0. The van der Waals surface area contributed by atoms with Crippen LogP contribution in [-0.4, -0.2) is 33.7 Å². The summed E-state index contributed by atoms with van der Waals surface area (Å²) in [6, 6.07) is 10.5. The van der Waals surface area contributed by atoms with Gasteiger partial charge >= 0.3 is 12.2 Å². The molecule has 4 rings (SSSR count). The van der Waals surface area contributed by atoms with Crippen molar-refractivity contribution in [1.82, 2.24) is 9.71 Å². The Morgan fingerprint density at radius 2 is 1.57 bits per heavy atom. The Morgan fingerprint density at radius 3 is 2.20 bits per heavy atom. The van der Waals surface area contributed by atoms with Gasteiger partial charge in [-0.1, -0.05) is 12.1 Å². The zero-order valence-electron chi connectivity index (χ0n) is 20.9. The lowest BCUT2D eigenvalue weighted by molar-refractivity contribution is -0.137. The van der Waals surface area contributed by atoms with Gasteiger partial charge in [0.15, 0.2) is 23.1 Å². The van der Waals surface area contributed by atoms with E-state index in [0.717, 1.165) is 30.3 Å². The molecule has 0 radical (unpaired) electrons. The number of fused-ring (bicyclic) bond motifs is 1. The minimum atomic E-state index is -4.57. The van der Waals surface area contributed by atoms with Gasteiger partial charge < -0.3 is 19.5 Å². The number of nitrogens with zero attached hydrogens (tertiary/aromatic N) is 1. The molecule has 210 valence electrons. The Balaban J connectivity index is 1.43. The summed E-state index contributed by atoms with van der Waals surface area (Å²) < 4.78 is 95.5. The number of amides is 2. The minimum absolute atomic E-state index is 0.0283. The van der Waals surface area contributed by atoms with E-state index in [-0.39, 0.29) is 22.7 Å². The Labute approximate surface area is 225 Å². The van der Waals surface area contributed by atoms with E-state index in [1.165, 1.54) is 38.6 Å². The van der Waals surface area contributed by atoms with Crippen LogP contribution in [0.4, 0.5) is 28.0 Å². The number of hydrogen-bond acceptors (Lipinski definition) is 7. The predicted octanol–water partition coefficient (Wildman–Crippen LogP) is 5.85. The van der Waals surface area contributed by atoms with E-state index in [0.29, 0.717) is 22.4 Å². The number of alkyl halides is 3. The van der Waals surface area contributed by atoms with Gasteiger partial charge in [0.05, 0.1) is 31.1 Å². The third-order valence-electron chi connectivity index (χ3n) is 5.50. The average molecular weight is 580 g/mol. The fourth-order valence-electron chi connectivity index (χ4n) is 3.66. The van der Waals surface area contributed by atoms with Crippen molar-refractivity contribution >= 4 is 32.6 Å². The molecule has 40 heavy (non-hydrogen) atoms. The zero-order valence-corrected chi connectivity index (χ0v) is 21.7. The summed E-state index contributed by atoms with van der Waals surface area (Å²) in [5.74, 6) is -0.694. The molecule has 0 unspecified atom stereocenters. The highest BCUT2D eigenvalue weighted by molar-refractivity contribution is 7.89. The van der Waals surface area contributed by atoms with Gasteiger partial charge in [0.25, 0.3) is 0 Å². The first kappa shape index (κ1) is 28.4. The number of nitrogens with one attached hydrogen (secondary N) is 2. The van der Waals surface area contributed by atoms with Crippen molar-refractivity contribution in [3.63, 3.8) is 0 Å². The van der Waals surface area contributed by atoms with Crippen LogP contribution in [0.5, 0.6) is 23.0 Å². The van der Waals surface area contributed by atoms with Crippen LogP contribution >= 0.6 is 0 Å². The van der Waals surface area contributed by atoms with E-state index >= 15 is 0 Å². The molecule has 3 aromatic carbocycles. The van der Waals surface area contributed by atoms with E-state index in [9.17, 15) is 30.8 Å². The molecule has 2 N–H and O–H groups in total. The number of anilines is 1. The number of pyridine rings is 1. The maximum absolute atomic E-state index is 14.8. The van der Waals surface area contributed by atoms with Gasteiger partial charge in [-0.05, 0) is 42.0 Å². The van der Waals surface area contributed by atoms with Crippen LogP contribution < -0.4 is 24.2 Å². The standard InChI is InChI=1S/C26H21F4N3O6S/c1-37-23-12-18-20(13-24(23)38-2)31-10-9-21(18)39-22-8-7-17(11-19(22)27)32-25(34)33-40(35,36)14-15-3-5-16(6-4-15)26(28,29)30/h3-13H,14H2,1-2H3,(H2,32,33,34). The van der Waals surface area contributed by atoms with Crippen LogP contribution in [0.15, 0.2) is 66.9 Å². The molecule has 0 atom stereocenters. The highest BCUT2D eigenvalue weighted by atomic mass is 32.2. The van der Waals surface area contributed by atoms with Crippen LogP contribution in [0.2, 0.25) is 0 Å². The van der Waals surface area contributed by atoms with Crippen LogP contribution in [0.3, 0.4) is 0 Å². The topological polar surface area (TPSA) is 116 Å². The van der Waals surface area contributed by atoms with E-state index in [1.54, 1.807) is 16.9 Å². The number of rotatable bonds is 8. The number of carbonyl (C=O) groups excluding carboxylic acids is 1. The summed E-state index contributed by atoms with van der Waals surface area (Å²) in [5.41, 5.74) is -0.493. The van der Waals surface area contributed by atoms with Gasteiger partial charge in [0.1, 0.15) is 5.75 Å². The van der Waals surface area contributed by atoms with Crippen LogP contribution in [0, 0.1) is 5.82 Å². The van der Waals surface area contributed by atoms with Gasteiger partial charge in [-0.15, -0.1) is 0 Å². The number of ether oxygens (including phenoxy) is 3. The second kappa shape index (κ2) is 11.3. The third kappa shape index (κ3) is 6.69. The van der Waals surface area contributed by atoms with E-state index in [1.807, 2.05) is 0 Å². The van der Waals surface area contributed by atoms with Crippen LogP contribution in [-0.2, 0) is 22.0 Å². The molecular weight excluding hydrogens is 558 g/mol. The SMILES string of the molecule is COc1cc2nccc(Oc3ccc(NC(=O)NS(=O)(=O)Cc4ccc(C(F)(F)F)cc4)cc3F)c2cc1OC. The highest BCUT2D eigenvalue weighted by Crippen LogP contribution is 2.37. The number of halogens is 4. The Kier molecular flexibility index (Phi) is 8.00. The van der Waals surface area contributed by atoms with Crippen molar-refractivity contribution in [2.75, 3.05) is 19.5 Å². The van der Waals surface area contributed by atoms with Crippen LogP contribution in [0.1, 0.15) is 11.1 Å². The second-order valence-electron chi connectivity index (χ2n) is 8.29. The van der Waals surface area contributed by atoms with Gasteiger partial charge in [-0.2, -0.15) is 13.2 Å². The van der Waals surface area contributed by atoms with Crippen LogP contribution in [0.25, 0.3) is 10.9 Å². The smallest absolute Gasteiger partial charge is 0.416 e. The molecule has 0 saturated carbocycles. The average Bonchev–Trinajstić information content (AvgIpc) is 2.88. The van der Waals surface area contributed by atoms with Gasteiger partial charge in [0, 0.05) is 29.4 Å². The molecule has 1 heterocycles. The van der Waals surface area contributed by atoms with Crippen molar-refractivity contribution in [2.24, 2.45) is 0 Å². The Bertz CT molecular complexity index is 1660. The van der Waals surface area contributed by atoms with Gasteiger partial charge in [-0.3, -0.25) is 4.98 Å². The van der Waals surface area contributed by atoms with Crippen molar-refractivity contribution in [3.05, 3.63) is 83.8 Å². The zero-order chi connectivity index (χ0) is 29.1. The van der Waals surface area contributed by atoms with Crippen molar-refractivity contribution in [2.45, 2.75) is 11.9 Å². The number of methoxy groups -OCH3 is 2. The number of aromatic nitrogens is 1. The van der Waals surface area contributed by atoms with Crippen molar-refractivity contribution in [1.29, 1.82) is 0 Å². The molecule has 1 aromatic heterocycles. The summed E-state index contributed by atoms with van der Waals surface area (Å²) >= 11 is 0. The predicted molar refractivity (Wildman–Crippen MR) is 138 cm³/mol. The first-order chi connectivity index (χ1) is 18.9. The summed E-state index contributed by atoms with van der Waals surface area (Å²) in [6.07, 6.45) is -3.11. The molecule has 0 saturated heterocycles. The summed E-state index contributed by atoms with van der Waals surface area (Å²) in [4.78, 5) is 16.5. The molecule has 2 amide bonds. The molecule has 0 spiro atoms. The molecule has 9 nitrogen and oxygen atoms in total. The molecular formula is C26H21F4N3O6S. The van der Waals surface area contributed by atoms with E-state index in [4.69, 9.17) is 14.2 Å². The third-order valence-corrected chi connectivity index (χ3v) is 6.71. The molecule has 14 heteroatoms. The largest absolute Gasteiger partial charge is 0.493 e. The highest BCUT2D eigenvalue weighted by Gasteiger charge is 2.30. The molecule has 0 aliphatic rings. The molecule has 0 fully saturated rings. The number of hydrogen-bond donors (Lipinski definition) is 2. The maximum Gasteiger partial charge on any atom is 0.416 e. The Hall–Kier alpha value is -4.59. The van der Waals surface area contributed by atoms with Crippen molar-refractivity contribution < 1.29 is 45.0 Å². The number of urea groups is 1. The van der Waals surface area contributed by atoms with E-state index in [2.05, 4.69) is 10.3 Å². The summed E-state index contributed by atoms with van der Waals surface area (Å²) in [7, 11) is -1.34. The summed E-state index contributed by atoms with van der Waals surface area (Å²) in [5, 5.41) is 2.70. The minimum Gasteiger partial charge on any atom is -0.493 e. The van der Waals surface area contributed by atoms with E-state index < -0.39 is 39.4 Å².